The number of carbonyl (C=O) groups excluding carboxylic acids is 3. The molecule has 10 nitrogen and oxygen atoms in total. The molecule has 0 saturated heterocycles. The maximum Gasteiger partial charge on any atom is 0.305 e. The standard InChI is InChI=1S/C26H20F2O6.C24H18F2O4.3C2H6/c1-12-7-16(10-29)5-6-17(12)22-18-8-20(27)23(31)13(2)24(18)34-25-14(3)26(21(28)9-19(22)25)33-11-32-15(4)30;1-4-14-22(29)19(26)9-17-20(15-6-5-13(10-27)7-11(15)2)16-8-18(25)21(28)12(3)23(16)30-24(14)17;3*1-2/h5-10H,11H2,1-4H3;5-10,28H,4H2,1-3H3;3*1-2H3. The molecule has 4 aliphatic rings. The van der Waals surface area contributed by atoms with Gasteiger partial charge in [0.25, 0.3) is 0 Å². The van der Waals surface area contributed by atoms with Crippen molar-refractivity contribution < 1.29 is 55.4 Å². The number of aryl methyl sites for hydroxylation is 4. The third-order valence-electron chi connectivity index (χ3n) is 11.2. The molecular formula is C56H56F4O10. The summed E-state index contributed by atoms with van der Waals surface area (Å²) in [6, 6.07) is 14.4. The first kappa shape index (κ1) is 55.0. The summed E-state index contributed by atoms with van der Waals surface area (Å²) in [6.07, 6.45) is 1.65. The minimum Gasteiger partial charge on any atom is -0.505 e. The van der Waals surface area contributed by atoms with Crippen LogP contribution in [0.25, 0.3) is 66.8 Å². The van der Waals surface area contributed by atoms with Crippen LogP contribution < -0.4 is 15.6 Å². The van der Waals surface area contributed by atoms with E-state index in [1.807, 2.05) is 41.5 Å². The van der Waals surface area contributed by atoms with Gasteiger partial charge < -0.3 is 23.4 Å². The van der Waals surface area contributed by atoms with Gasteiger partial charge in [0.05, 0.1) is 0 Å². The van der Waals surface area contributed by atoms with E-state index >= 15 is 4.39 Å². The van der Waals surface area contributed by atoms with E-state index in [1.165, 1.54) is 26.8 Å². The van der Waals surface area contributed by atoms with Crippen molar-refractivity contribution >= 4 is 40.5 Å². The largest absolute Gasteiger partial charge is 0.505 e. The topological polar surface area (TPSA) is 150 Å². The molecule has 2 aliphatic heterocycles. The SMILES string of the molecule is CC.CC.CC.CC(=O)OCOc1c(F)cc2c(-c3ccc(C=O)cc3C)c3cc(F)c(=O)c(C)c-3oc2c1C.CCc1c2oc3c(C)c(O)c(F)cc3c(-c3ccc(C=O)cc3C)c-2cc(F)c1=O. The highest BCUT2D eigenvalue weighted by Gasteiger charge is 2.28. The van der Waals surface area contributed by atoms with Gasteiger partial charge in [0.1, 0.15) is 35.3 Å². The summed E-state index contributed by atoms with van der Waals surface area (Å²) in [5.74, 6) is -4.44. The van der Waals surface area contributed by atoms with Crippen LogP contribution in [-0.4, -0.2) is 30.4 Å². The van der Waals surface area contributed by atoms with Crippen LogP contribution in [0.2, 0.25) is 0 Å². The molecule has 0 radical (unpaired) electrons. The molecule has 0 unspecified atom stereocenters. The lowest BCUT2D eigenvalue weighted by Crippen LogP contribution is -2.15. The van der Waals surface area contributed by atoms with Crippen molar-refractivity contribution in [1.29, 1.82) is 0 Å². The first-order valence-electron chi connectivity index (χ1n) is 22.8. The lowest BCUT2D eigenvalue weighted by molar-refractivity contribution is -0.147. The molecule has 1 N–H and O–H groups in total. The van der Waals surface area contributed by atoms with Crippen molar-refractivity contribution in [3.8, 4) is 56.4 Å². The Kier molecular flexibility index (Phi) is 18.5. The second kappa shape index (κ2) is 23.6. The van der Waals surface area contributed by atoms with Crippen molar-refractivity contribution in [3.05, 3.63) is 149 Å². The Morgan fingerprint density at radius 3 is 1.53 bits per heavy atom. The van der Waals surface area contributed by atoms with Crippen LogP contribution in [0.4, 0.5) is 17.6 Å². The summed E-state index contributed by atoms with van der Waals surface area (Å²) >= 11 is 0. The van der Waals surface area contributed by atoms with Gasteiger partial charge in [0, 0.05) is 73.3 Å². The summed E-state index contributed by atoms with van der Waals surface area (Å²) in [6.45, 7) is 22.5. The zero-order valence-electron chi connectivity index (χ0n) is 41.5. The number of benzene rings is 6. The lowest BCUT2D eigenvalue weighted by atomic mass is 9.88. The van der Waals surface area contributed by atoms with Gasteiger partial charge in [-0.25, -0.2) is 17.6 Å². The number of esters is 1. The van der Waals surface area contributed by atoms with Gasteiger partial charge >= 0.3 is 5.97 Å². The molecule has 2 heterocycles. The van der Waals surface area contributed by atoms with E-state index in [4.69, 9.17) is 18.3 Å². The quantitative estimate of drug-likeness (QED) is 0.0512. The minimum atomic E-state index is -0.957. The van der Waals surface area contributed by atoms with Gasteiger partial charge in [-0.1, -0.05) is 72.7 Å². The molecule has 0 saturated carbocycles. The number of halogens is 4. The van der Waals surface area contributed by atoms with E-state index in [-0.39, 0.29) is 62.7 Å². The zero-order valence-corrected chi connectivity index (χ0v) is 41.5. The molecule has 70 heavy (non-hydrogen) atoms. The number of hydrogen-bond donors (Lipinski definition) is 1. The smallest absolute Gasteiger partial charge is 0.305 e. The molecule has 4 aromatic carbocycles. The molecule has 2 aliphatic carbocycles. The van der Waals surface area contributed by atoms with Gasteiger partial charge in [-0.05, 0) is 99.7 Å². The number of rotatable bonds is 8. The maximum absolute atomic E-state index is 15.2. The molecule has 8 rings (SSSR count). The summed E-state index contributed by atoms with van der Waals surface area (Å²) in [5.41, 5.74) is 4.62. The molecule has 0 aromatic heterocycles. The average Bonchev–Trinajstić information content (AvgIpc) is 3.35. The second-order valence-electron chi connectivity index (χ2n) is 15.2. The average molecular weight is 965 g/mol. The van der Waals surface area contributed by atoms with Crippen LogP contribution in [0.1, 0.15) is 109 Å². The monoisotopic (exact) mass is 964 g/mol. The van der Waals surface area contributed by atoms with Crippen LogP contribution in [-0.2, 0) is 16.0 Å². The number of aromatic hydroxyl groups is 1. The Hall–Kier alpha value is -7.61. The highest BCUT2D eigenvalue weighted by Crippen LogP contribution is 2.47. The summed E-state index contributed by atoms with van der Waals surface area (Å²) in [5, 5.41) is 10.7. The molecule has 14 heteroatoms. The van der Waals surface area contributed by atoms with Crippen molar-refractivity contribution in [3.63, 3.8) is 0 Å². The predicted molar refractivity (Wildman–Crippen MR) is 266 cm³/mol. The Balaban J connectivity index is 0.000000277. The fourth-order valence-electron chi connectivity index (χ4n) is 7.98. The zero-order chi connectivity index (χ0) is 52.5. The fraction of sp³-hybridized carbons (Fsp3) is 0.268. The van der Waals surface area contributed by atoms with E-state index in [2.05, 4.69) is 0 Å². The van der Waals surface area contributed by atoms with Gasteiger partial charge in [-0.15, -0.1) is 0 Å². The van der Waals surface area contributed by atoms with E-state index < -0.39 is 52.6 Å². The maximum atomic E-state index is 15.2. The van der Waals surface area contributed by atoms with Crippen LogP contribution >= 0.6 is 0 Å². The van der Waals surface area contributed by atoms with E-state index in [1.54, 1.807) is 64.1 Å². The highest BCUT2D eigenvalue weighted by atomic mass is 19.1. The summed E-state index contributed by atoms with van der Waals surface area (Å²) < 4.78 is 80.7. The molecule has 0 bridgehead atoms. The van der Waals surface area contributed by atoms with Crippen LogP contribution in [0, 0.1) is 57.9 Å². The Morgan fingerprint density at radius 1 is 0.600 bits per heavy atom. The number of hydrogen-bond acceptors (Lipinski definition) is 10. The lowest BCUT2D eigenvalue weighted by Gasteiger charge is -2.20. The Morgan fingerprint density at radius 2 is 1.06 bits per heavy atom. The third-order valence-corrected chi connectivity index (χ3v) is 11.2. The van der Waals surface area contributed by atoms with Gasteiger partial charge in [-0.3, -0.25) is 24.0 Å². The molecule has 368 valence electrons. The van der Waals surface area contributed by atoms with Crippen molar-refractivity contribution in [2.24, 2.45) is 0 Å². The third kappa shape index (κ3) is 10.5. The molecule has 4 aromatic rings. The number of fused-ring (bicyclic) bond motifs is 4. The van der Waals surface area contributed by atoms with E-state index in [0.29, 0.717) is 73.4 Å². The molecule has 0 atom stereocenters. The van der Waals surface area contributed by atoms with E-state index in [9.17, 15) is 42.3 Å². The summed E-state index contributed by atoms with van der Waals surface area (Å²) in [4.78, 5) is 58.1. The Bertz CT molecular complexity index is 3310. The van der Waals surface area contributed by atoms with Crippen LogP contribution in [0.5, 0.6) is 11.5 Å². The van der Waals surface area contributed by atoms with Crippen molar-refractivity contribution in [2.45, 2.75) is 96.4 Å². The van der Waals surface area contributed by atoms with Gasteiger partial charge in [-0.2, -0.15) is 0 Å². The van der Waals surface area contributed by atoms with Crippen molar-refractivity contribution in [1.82, 2.24) is 0 Å². The Labute approximate surface area is 403 Å². The van der Waals surface area contributed by atoms with Crippen LogP contribution in [0.15, 0.2) is 79.1 Å². The molecule has 0 amide bonds. The normalized spacial score (nSPS) is 10.5. The first-order chi connectivity index (χ1) is 33.4. The van der Waals surface area contributed by atoms with Crippen molar-refractivity contribution in [2.75, 3.05) is 6.79 Å². The minimum absolute atomic E-state index is 0.0615. The van der Waals surface area contributed by atoms with Crippen LogP contribution in [0.3, 0.4) is 0 Å². The molecular weight excluding hydrogens is 909 g/mol. The van der Waals surface area contributed by atoms with Gasteiger partial charge in [0.15, 0.2) is 34.8 Å². The number of phenols is 1. The van der Waals surface area contributed by atoms with E-state index in [0.717, 1.165) is 18.2 Å². The number of phenolic OH excluding ortho intramolecular Hbond substituents is 1. The molecule has 0 fully saturated rings. The fourth-order valence-corrected chi connectivity index (χ4v) is 7.98. The second-order valence-corrected chi connectivity index (χ2v) is 15.2. The highest BCUT2D eigenvalue weighted by molar-refractivity contribution is 6.06. The predicted octanol–water partition coefficient (Wildman–Crippen LogP) is 14.1. The molecule has 0 spiro atoms. The number of ether oxygens (including phenoxy) is 2. The van der Waals surface area contributed by atoms with Gasteiger partial charge in [0.2, 0.25) is 17.7 Å². The number of carbonyl (C=O) groups is 3. The first-order valence-corrected chi connectivity index (χ1v) is 22.8. The number of aldehydes is 2. The summed E-state index contributed by atoms with van der Waals surface area (Å²) in [7, 11) is 0.